The molecule has 2 rings (SSSR count). The summed E-state index contributed by atoms with van der Waals surface area (Å²) in [6, 6.07) is 7.48. The molecule has 0 saturated carbocycles. The summed E-state index contributed by atoms with van der Waals surface area (Å²) in [6.07, 6.45) is 2.50. The Labute approximate surface area is 117 Å². The highest BCUT2D eigenvalue weighted by molar-refractivity contribution is 5.56. The van der Waals surface area contributed by atoms with Gasteiger partial charge in [-0.2, -0.15) is 0 Å². The maximum Gasteiger partial charge on any atom is 0.0396 e. The lowest BCUT2D eigenvalue weighted by Crippen LogP contribution is -2.35. The third-order valence-electron chi connectivity index (χ3n) is 4.15. The fraction of sp³-hybridized carbons (Fsp3) is 0.625. The van der Waals surface area contributed by atoms with E-state index < -0.39 is 0 Å². The molecule has 0 amide bonds. The second-order valence-corrected chi connectivity index (χ2v) is 5.93. The number of rotatable bonds is 5. The van der Waals surface area contributed by atoms with E-state index in [1.54, 1.807) is 0 Å². The van der Waals surface area contributed by atoms with E-state index in [0.717, 1.165) is 13.1 Å². The van der Waals surface area contributed by atoms with Crippen molar-refractivity contribution in [2.75, 3.05) is 39.1 Å². The summed E-state index contributed by atoms with van der Waals surface area (Å²) in [7, 11) is 6.44. The molecule has 0 fully saturated rings. The summed E-state index contributed by atoms with van der Waals surface area (Å²) in [6.45, 7) is 5.43. The molecule has 1 aromatic carbocycles. The molecule has 0 radical (unpaired) electrons. The number of anilines is 1. The Morgan fingerprint density at radius 3 is 2.89 bits per heavy atom. The van der Waals surface area contributed by atoms with Crippen LogP contribution in [0.2, 0.25) is 0 Å². The number of hydrogen-bond donors (Lipinski definition) is 1. The number of nitrogens with zero attached hydrogens (tertiary/aromatic N) is 2. The number of aryl methyl sites for hydroxylation is 1. The first kappa shape index (κ1) is 14.4. The van der Waals surface area contributed by atoms with Gasteiger partial charge < -0.3 is 15.1 Å². The van der Waals surface area contributed by atoms with Crippen molar-refractivity contribution in [3.05, 3.63) is 29.3 Å². The van der Waals surface area contributed by atoms with E-state index in [9.17, 15) is 0 Å². The second kappa shape index (κ2) is 6.40. The number of benzene rings is 1. The van der Waals surface area contributed by atoms with Gasteiger partial charge in [0.1, 0.15) is 0 Å². The largest absolute Gasteiger partial charge is 0.374 e. The summed E-state index contributed by atoms with van der Waals surface area (Å²) >= 11 is 0. The Hall–Kier alpha value is -1.06. The minimum atomic E-state index is 0.573. The van der Waals surface area contributed by atoms with Crippen molar-refractivity contribution >= 4 is 5.69 Å². The van der Waals surface area contributed by atoms with Gasteiger partial charge in [0.25, 0.3) is 0 Å². The van der Waals surface area contributed by atoms with Gasteiger partial charge in [0, 0.05) is 38.4 Å². The van der Waals surface area contributed by atoms with Gasteiger partial charge in [-0.05, 0) is 51.1 Å². The maximum atomic E-state index is 3.55. The van der Waals surface area contributed by atoms with E-state index in [0.29, 0.717) is 6.04 Å². The molecule has 0 saturated heterocycles. The zero-order valence-electron chi connectivity index (χ0n) is 12.7. The lowest BCUT2D eigenvalue weighted by molar-refractivity contribution is 0.302. The molecule has 1 aromatic rings. The van der Waals surface area contributed by atoms with Gasteiger partial charge in [0.15, 0.2) is 0 Å². The minimum absolute atomic E-state index is 0.573. The van der Waals surface area contributed by atoms with Crippen LogP contribution in [0.15, 0.2) is 18.2 Å². The van der Waals surface area contributed by atoms with Gasteiger partial charge in [-0.25, -0.2) is 0 Å². The number of nitrogens with one attached hydrogen (secondary N) is 1. The van der Waals surface area contributed by atoms with E-state index in [1.807, 2.05) is 0 Å². The topological polar surface area (TPSA) is 18.5 Å². The first-order valence-electron chi connectivity index (χ1n) is 7.28. The molecule has 1 heterocycles. The van der Waals surface area contributed by atoms with Gasteiger partial charge in [0.2, 0.25) is 0 Å². The number of likely N-dealkylation sites (N-methyl/N-ethyl adjacent to an activating group) is 1. The number of fused-ring (bicyclic) bond motifs is 1. The van der Waals surface area contributed by atoms with E-state index >= 15 is 0 Å². The fourth-order valence-corrected chi connectivity index (χ4v) is 2.56. The van der Waals surface area contributed by atoms with Crippen molar-refractivity contribution in [3.8, 4) is 0 Å². The Balaban J connectivity index is 1.91. The molecule has 1 unspecified atom stereocenters. The normalized spacial score (nSPS) is 16.6. The molecular weight excluding hydrogens is 234 g/mol. The van der Waals surface area contributed by atoms with Gasteiger partial charge in [0.05, 0.1) is 0 Å². The zero-order valence-corrected chi connectivity index (χ0v) is 12.7. The van der Waals surface area contributed by atoms with Gasteiger partial charge in [-0.15, -0.1) is 0 Å². The average Bonchev–Trinajstić information content (AvgIpc) is 2.38. The van der Waals surface area contributed by atoms with E-state index in [-0.39, 0.29) is 0 Å². The Morgan fingerprint density at radius 2 is 2.16 bits per heavy atom. The Morgan fingerprint density at radius 1 is 1.37 bits per heavy atom. The lowest BCUT2D eigenvalue weighted by Gasteiger charge is -2.28. The smallest absolute Gasteiger partial charge is 0.0396 e. The monoisotopic (exact) mass is 261 g/mol. The highest BCUT2D eigenvalue weighted by Gasteiger charge is 2.13. The summed E-state index contributed by atoms with van der Waals surface area (Å²) < 4.78 is 0. The van der Waals surface area contributed by atoms with Crippen LogP contribution in [0.25, 0.3) is 0 Å². The van der Waals surface area contributed by atoms with Crippen LogP contribution < -0.4 is 10.2 Å². The molecule has 106 valence electrons. The van der Waals surface area contributed by atoms with Crippen LogP contribution in [0.3, 0.4) is 0 Å². The summed E-state index contributed by atoms with van der Waals surface area (Å²) in [5.74, 6) is 0. The van der Waals surface area contributed by atoms with Gasteiger partial charge in [-0.1, -0.05) is 12.1 Å². The van der Waals surface area contributed by atoms with Gasteiger partial charge in [-0.3, -0.25) is 0 Å². The third kappa shape index (κ3) is 3.71. The molecule has 19 heavy (non-hydrogen) atoms. The van der Waals surface area contributed by atoms with Crippen molar-refractivity contribution < 1.29 is 0 Å². The predicted octanol–water partition coefficient (Wildman–Crippen LogP) is 2.11. The Kier molecular flexibility index (Phi) is 4.83. The summed E-state index contributed by atoms with van der Waals surface area (Å²) in [5.41, 5.74) is 4.32. The Bertz CT molecular complexity index is 414. The molecule has 1 aliphatic heterocycles. The predicted molar refractivity (Wildman–Crippen MR) is 82.9 cm³/mol. The molecule has 3 heteroatoms. The molecule has 0 aliphatic carbocycles. The molecule has 1 N–H and O–H groups in total. The van der Waals surface area contributed by atoms with Crippen molar-refractivity contribution in [1.29, 1.82) is 0 Å². The van der Waals surface area contributed by atoms with Crippen molar-refractivity contribution in [2.24, 2.45) is 0 Å². The van der Waals surface area contributed by atoms with E-state index in [4.69, 9.17) is 0 Å². The SMILES string of the molecule is CC(CNCc1ccc2c(c1)CCCN2C)N(C)C. The molecule has 3 nitrogen and oxygen atoms in total. The highest BCUT2D eigenvalue weighted by atomic mass is 15.1. The first-order chi connectivity index (χ1) is 9.08. The first-order valence-corrected chi connectivity index (χ1v) is 7.28. The number of hydrogen-bond acceptors (Lipinski definition) is 3. The van der Waals surface area contributed by atoms with Crippen LogP contribution in [0.5, 0.6) is 0 Å². The van der Waals surface area contributed by atoms with Crippen molar-refractivity contribution in [1.82, 2.24) is 10.2 Å². The van der Waals surface area contributed by atoms with Crippen LogP contribution in [0.1, 0.15) is 24.5 Å². The molecule has 1 aliphatic rings. The van der Waals surface area contributed by atoms with Crippen LogP contribution in [0, 0.1) is 0 Å². The molecule has 0 spiro atoms. The summed E-state index contributed by atoms with van der Waals surface area (Å²) in [5, 5.41) is 3.55. The van der Waals surface area contributed by atoms with Crippen LogP contribution >= 0.6 is 0 Å². The van der Waals surface area contributed by atoms with E-state index in [2.05, 4.69) is 61.4 Å². The molecular formula is C16H27N3. The standard InChI is InChI=1S/C16H27N3/c1-13(18(2)3)11-17-12-14-7-8-16-15(10-14)6-5-9-19(16)4/h7-8,10,13,17H,5-6,9,11-12H2,1-4H3. The lowest BCUT2D eigenvalue weighted by atomic mass is 9.99. The minimum Gasteiger partial charge on any atom is -0.374 e. The fourth-order valence-electron chi connectivity index (χ4n) is 2.56. The second-order valence-electron chi connectivity index (χ2n) is 5.93. The zero-order chi connectivity index (χ0) is 13.8. The van der Waals surface area contributed by atoms with E-state index in [1.165, 1.54) is 36.2 Å². The van der Waals surface area contributed by atoms with Crippen molar-refractivity contribution in [3.63, 3.8) is 0 Å². The van der Waals surface area contributed by atoms with Crippen LogP contribution in [-0.4, -0.2) is 45.2 Å². The summed E-state index contributed by atoms with van der Waals surface area (Å²) in [4.78, 5) is 4.61. The third-order valence-corrected chi connectivity index (χ3v) is 4.15. The quantitative estimate of drug-likeness (QED) is 0.876. The average molecular weight is 261 g/mol. The maximum absolute atomic E-state index is 3.55. The molecule has 0 bridgehead atoms. The van der Waals surface area contributed by atoms with Crippen LogP contribution in [-0.2, 0) is 13.0 Å². The van der Waals surface area contributed by atoms with Crippen molar-refractivity contribution in [2.45, 2.75) is 32.4 Å². The van der Waals surface area contributed by atoms with Gasteiger partial charge >= 0.3 is 0 Å². The highest BCUT2D eigenvalue weighted by Crippen LogP contribution is 2.26. The van der Waals surface area contributed by atoms with Crippen LogP contribution in [0.4, 0.5) is 5.69 Å². The molecule has 1 atom stereocenters. The molecule has 0 aromatic heterocycles.